The maximum atomic E-state index is 11.6. The average Bonchev–Trinajstić information content (AvgIpc) is 2.80. The van der Waals surface area contributed by atoms with E-state index >= 15 is 0 Å². The highest BCUT2D eigenvalue weighted by molar-refractivity contribution is 5.89. The minimum Gasteiger partial charge on any atom is -0.493 e. The first-order valence-electron chi connectivity index (χ1n) is 6.60. The lowest BCUT2D eigenvalue weighted by Gasteiger charge is -2.14. The van der Waals surface area contributed by atoms with Gasteiger partial charge < -0.3 is 19.7 Å². The number of ether oxygens (including phenoxy) is 2. The Balaban J connectivity index is 1.93. The van der Waals surface area contributed by atoms with E-state index in [-0.39, 0.29) is 12.7 Å². The molecule has 0 spiro atoms. The molecule has 1 fully saturated rings. The quantitative estimate of drug-likeness (QED) is 0.818. The highest BCUT2D eigenvalue weighted by Crippen LogP contribution is 2.24. The fourth-order valence-corrected chi connectivity index (χ4v) is 1.90. The first kappa shape index (κ1) is 14.6. The second-order valence-corrected chi connectivity index (χ2v) is 4.78. The minimum atomic E-state index is -0.468. The lowest BCUT2D eigenvalue weighted by molar-refractivity contribution is 0.0963. The van der Waals surface area contributed by atoms with Crippen molar-refractivity contribution in [2.75, 3.05) is 24.7 Å². The molecule has 1 heterocycles. The molecule has 0 aliphatic carbocycles. The van der Waals surface area contributed by atoms with E-state index in [1.807, 2.05) is 0 Å². The summed E-state index contributed by atoms with van der Waals surface area (Å²) in [5, 5.41) is 18.1. The molecule has 1 aromatic carbocycles. The van der Waals surface area contributed by atoms with E-state index in [9.17, 15) is 4.79 Å². The van der Waals surface area contributed by atoms with E-state index in [1.165, 1.54) is 4.90 Å². The first-order chi connectivity index (χ1) is 9.60. The van der Waals surface area contributed by atoms with Crippen molar-refractivity contribution in [2.45, 2.75) is 25.6 Å². The number of carbonyl (C=O) groups is 1. The SMILES string of the molecule is CC(O)CCOc1ccc(N2CC(CO)OC2=O)cc1. The van der Waals surface area contributed by atoms with Crippen LogP contribution in [0.3, 0.4) is 0 Å². The second kappa shape index (κ2) is 6.58. The third-order valence-corrected chi connectivity index (χ3v) is 3.03. The number of hydrogen-bond donors (Lipinski definition) is 2. The molecule has 0 aromatic heterocycles. The molecule has 2 atom stereocenters. The zero-order valence-electron chi connectivity index (χ0n) is 11.4. The van der Waals surface area contributed by atoms with Gasteiger partial charge in [0, 0.05) is 12.1 Å². The average molecular weight is 281 g/mol. The fourth-order valence-electron chi connectivity index (χ4n) is 1.90. The summed E-state index contributed by atoms with van der Waals surface area (Å²) in [7, 11) is 0. The van der Waals surface area contributed by atoms with Crippen LogP contribution in [0.4, 0.5) is 10.5 Å². The van der Waals surface area contributed by atoms with Crippen LogP contribution in [0, 0.1) is 0 Å². The van der Waals surface area contributed by atoms with Crippen LogP contribution in [0.1, 0.15) is 13.3 Å². The van der Waals surface area contributed by atoms with Crippen molar-refractivity contribution in [3.05, 3.63) is 24.3 Å². The Morgan fingerprint density at radius 2 is 2.15 bits per heavy atom. The number of anilines is 1. The first-order valence-corrected chi connectivity index (χ1v) is 6.60. The van der Waals surface area contributed by atoms with Crippen LogP contribution in [0.5, 0.6) is 5.75 Å². The molecule has 1 amide bonds. The molecule has 0 saturated carbocycles. The molecular formula is C14H19NO5. The summed E-state index contributed by atoms with van der Waals surface area (Å²) >= 11 is 0. The van der Waals surface area contributed by atoms with Gasteiger partial charge in [0.25, 0.3) is 0 Å². The number of hydrogen-bond acceptors (Lipinski definition) is 5. The molecule has 0 radical (unpaired) electrons. The Morgan fingerprint density at radius 3 is 2.70 bits per heavy atom. The van der Waals surface area contributed by atoms with Gasteiger partial charge in [0.2, 0.25) is 0 Å². The van der Waals surface area contributed by atoms with E-state index in [4.69, 9.17) is 19.7 Å². The van der Waals surface area contributed by atoms with Crippen LogP contribution >= 0.6 is 0 Å². The van der Waals surface area contributed by atoms with Crippen LogP contribution in [0.25, 0.3) is 0 Å². The normalized spacial score (nSPS) is 19.9. The third kappa shape index (κ3) is 3.61. The third-order valence-electron chi connectivity index (χ3n) is 3.03. The van der Waals surface area contributed by atoms with Crippen molar-refractivity contribution >= 4 is 11.8 Å². The van der Waals surface area contributed by atoms with E-state index in [1.54, 1.807) is 31.2 Å². The van der Waals surface area contributed by atoms with Gasteiger partial charge in [-0.25, -0.2) is 4.79 Å². The predicted octanol–water partition coefficient (Wildman–Crippen LogP) is 1.15. The molecule has 2 unspecified atom stereocenters. The number of nitrogens with zero attached hydrogens (tertiary/aromatic N) is 1. The molecule has 1 aromatic rings. The lowest BCUT2D eigenvalue weighted by Crippen LogP contribution is -2.25. The van der Waals surface area contributed by atoms with Gasteiger partial charge in [-0.15, -0.1) is 0 Å². The molecule has 2 rings (SSSR count). The number of rotatable bonds is 6. The van der Waals surface area contributed by atoms with E-state index in [2.05, 4.69) is 0 Å². The van der Waals surface area contributed by atoms with E-state index in [0.717, 1.165) is 0 Å². The maximum absolute atomic E-state index is 11.6. The van der Waals surface area contributed by atoms with Gasteiger partial charge in [0.15, 0.2) is 0 Å². The lowest BCUT2D eigenvalue weighted by atomic mass is 10.2. The van der Waals surface area contributed by atoms with Crippen molar-refractivity contribution in [1.82, 2.24) is 0 Å². The van der Waals surface area contributed by atoms with Crippen LogP contribution in [-0.4, -0.2) is 48.3 Å². The van der Waals surface area contributed by atoms with Crippen LogP contribution < -0.4 is 9.64 Å². The van der Waals surface area contributed by atoms with Crippen molar-refractivity contribution in [3.8, 4) is 5.75 Å². The van der Waals surface area contributed by atoms with Crippen molar-refractivity contribution in [3.63, 3.8) is 0 Å². The smallest absolute Gasteiger partial charge is 0.414 e. The number of cyclic esters (lactones) is 1. The monoisotopic (exact) mass is 281 g/mol. The summed E-state index contributed by atoms with van der Waals surface area (Å²) < 4.78 is 10.4. The van der Waals surface area contributed by atoms with Crippen molar-refractivity contribution < 1.29 is 24.5 Å². The number of amides is 1. The zero-order chi connectivity index (χ0) is 14.5. The molecule has 6 nitrogen and oxygen atoms in total. The summed E-state index contributed by atoms with van der Waals surface area (Å²) in [6.45, 7) is 2.32. The largest absolute Gasteiger partial charge is 0.493 e. The molecule has 6 heteroatoms. The van der Waals surface area contributed by atoms with Gasteiger partial charge in [-0.1, -0.05) is 0 Å². The maximum Gasteiger partial charge on any atom is 0.414 e. The molecule has 110 valence electrons. The van der Waals surface area contributed by atoms with Crippen LogP contribution in [0.2, 0.25) is 0 Å². The standard InChI is InChI=1S/C14H19NO5/c1-10(17)6-7-19-12-4-2-11(3-5-12)15-8-13(9-16)20-14(15)18/h2-5,10,13,16-17H,6-9H2,1H3. The Bertz CT molecular complexity index is 445. The predicted molar refractivity (Wildman–Crippen MR) is 72.9 cm³/mol. The summed E-state index contributed by atoms with van der Waals surface area (Å²) in [5.41, 5.74) is 0.703. The van der Waals surface area contributed by atoms with E-state index < -0.39 is 12.2 Å². The molecule has 1 aliphatic heterocycles. The van der Waals surface area contributed by atoms with Crippen molar-refractivity contribution in [1.29, 1.82) is 0 Å². The van der Waals surface area contributed by atoms with Crippen LogP contribution in [0.15, 0.2) is 24.3 Å². The van der Waals surface area contributed by atoms with Crippen LogP contribution in [-0.2, 0) is 4.74 Å². The Kier molecular flexibility index (Phi) is 4.81. The Labute approximate surface area is 117 Å². The number of benzene rings is 1. The van der Waals surface area contributed by atoms with Gasteiger partial charge in [-0.2, -0.15) is 0 Å². The summed E-state index contributed by atoms with van der Waals surface area (Å²) in [4.78, 5) is 13.1. The molecule has 1 aliphatic rings. The molecular weight excluding hydrogens is 262 g/mol. The topological polar surface area (TPSA) is 79.2 Å². The molecule has 20 heavy (non-hydrogen) atoms. The van der Waals surface area contributed by atoms with E-state index in [0.29, 0.717) is 31.0 Å². The summed E-state index contributed by atoms with van der Waals surface area (Å²) in [6, 6.07) is 7.05. The van der Waals surface area contributed by atoms with Gasteiger partial charge in [-0.05, 0) is 31.2 Å². The number of carbonyl (C=O) groups excluding carboxylic acids is 1. The van der Waals surface area contributed by atoms with Gasteiger partial charge in [0.05, 0.1) is 25.9 Å². The highest BCUT2D eigenvalue weighted by Gasteiger charge is 2.31. The molecule has 0 bridgehead atoms. The number of aliphatic hydroxyl groups is 2. The molecule has 2 N–H and O–H groups in total. The Hall–Kier alpha value is -1.79. The summed E-state index contributed by atoms with van der Waals surface area (Å²) in [5.74, 6) is 0.681. The molecule has 1 saturated heterocycles. The van der Waals surface area contributed by atoms with Gasteiger partial charge in [0.1, 0.15) is 11.9 Å². The highest BCUT2D eigenvalue weighted by atomic mass is 16.6. The summed E-state index contributed by atoms with van der Waals surface area (Å²) in [6.07, 6.45) is -0.737. The fraction of sp³-hybridized carbons (Fsp3) is 0.500. The second-order valence-electron chi connectivity index (χ2n) is 4.78. The minimum absolute atomic E-state index is 0.178. The van der Waals surface area contributed by atoms with Crippen molar-refractivity contribution in [2.24, 2.45) is 0 Å². The van der Waals surface area contributed by atoms with Gasteiger partial charge >= 0.3 is 6.09 Å². The van der Waals surface area contributed by atoms with Gasteiger partial charge in [-0.3, -0.25) is 4.90 Å². The number of aliphatic hydroxyl groups excluding tert-OH is 2. The zero-order valence-corrected chi connectivity index (χ0v) is 11.4. The Morgan fingerprint density at radius 1 is 1.45 bits per heavy atom.